The van der Waals surface area contributed by atoms with Crippen molar-refractivity contribution in [2.24, 2.45) is 5.92 Å². The van der Waals surface area contributed by atoms with Gasteiger partial charge < -0.3 is 9.47 Å². The largest absolute Gasteiger partial charge is 0.490 e. The lowest BCUT2D eigenvalue weighted by molar-refractivity contribution is -0.122. The van der Waals surface area contributed by atoms with Crippen LogP contribution in [0, 0.1) is 5.92 Å². The number of hydrogen-bond donors (Lipinski definition) is 0. The Hall–Kier alpha value is -1.05. The summed E-state index contributed by atoms with van der Waals surface area (Å²) < 4.78 is 12.7. The van der Waals surface area contributed by atoms with Crippen LogP contribution in [0.3, 0.4) is 0 Å². The van der Waals surface area contributed by atoms with Gasteiger partial charge in [0.1, 0.15) is 4.32 Å². The summed E-state index contributed by atoms with van der Waals surface area (Å²) in [7, 11) is 0. The van der Waals surface area contributed by atoms with E-state index in [9.17, 15) is 4.79 Å². The van der Waals surface area contributed by atoms with Gasteiger partial charge in [-0.3, -0.25) is 9.69 Å². The molecule has 25 heavy (non-hydrogen) atoms. The van der Waals surface area contributed by atoms with Crippen LogP contribution in [0.1, 0.15) is 33.3 Å². The molecule has 0 N–H and O–H groups in total. The number of thioether (sulfide) groups is 1. The monoisotopic (exact) mass is 443 g/mol. The molecular formula is C18H22BrNO3S2. The summed E-state index contributed by atoms with van der Waals surface area (Å²) in [5.41, 5.74) is 0.858. The van der Waals surface area contributed by atoms with Crippen molar-refractivity contribution in [2.75, 3.05) is 19.8 Å². The van der Waals surface area contributed by atoms with E-state index in [4.69, 9.17) is 21.7 Å². The Morgan fingerprint density at radius 3 is 2.40 bits per heavy atom. The summed E-state index contributed by atoms with van der Waals surface area (Å²) in [5.74, 6) is 1.67. The van der Waals surface area contributed by atoms with Crippen LogP contribution < -0.4 is 9.47 Å². The van der Waals surface area contributed by atoms with E-state index in [0.717, 1.165) is 10.0 Å². The number of thiocarbonyl (C=S) groups is 1. The second kappa shape index (κ2) is 9.05. The van der Waals surface area contributed by atoms with Crippen molar-refractivity contribution in [2.45, 2.75) is 27.7 Å². The number of benzene rings is 1. The highest BCUT2D eigenvalue weighted by Crippen LogP contribution is 2.38. The van der Waals surface area contributed by atoms with Gasteiger partial charge in [0.25, 0.3) is 5.91 Å². The summed E-state index contributed by atoms with van der Waals surface area (Å²) in [6.45, 7) is 9.72. The number of nitrogens with zero attached hydrogens (tertiary/aromatic N) is 1. The molecule has 0 spiro atoms. The Bertz CT molecular complexity index is 704. The molecule has 136 valence electrons. The van der Waals surface area contributed by atoms with Gasteiger partial charge in [-0.15, -0.1) is 0 Å². The maximum atomic E-state index is 12.6. The molecule has 0 saturated carbocycles. The molecule has 0 aromatic heterocycles. The first-order chi connectivity index (χ1) is 11.9. The molecular weight excluding hydrogens is 422 g/mol. The van der Waals surface area contributed by atoms with Crippen LogP contribution in [-0.2, 0) is 4.79 Å². The Morgan fingerprint density at radius 1 is 1.24 bits per heavy atom. The van der Waals surface area contributed by atoms with Gasteiger partial charge in [-0.2, -0.15) is 0 Å². The van der Waals surface area contributed by atoms with E-state index in [2.05, 4.69) is 29.8 Å². The lowest BCUT2D eigenvalue weighted by atomic mass is 10.1. The molecule has 1 aliphatic rings. The van der Waals surface area contributed by atoms with Crippen molar-refractivity contribution in [1.82, 2.24) is 4.90 Å². The molecule has 1 heterocycles. The molecule has 1 aromatic carbocycles. The Labute approximate surface area is 167 Å². The van der Waals surface area contributed by atoms with Gasteiger partial charge >= 0.3 is 0 Å². The third-order valence-corrected chi connectivity index (χ3v) is 5.44. The Morgan fingerprint density at radius 2 is 1.84 bits per heavy atom. The molecule has 1 saturated heterocycles. The van der Waals surface area contributed by atoms with Crippen molar-refractivity contribution in [3.63, 3.8) is 0 Å². The molecule has 7 heteroatoms. The summed E-state index contributed by atoms with van der Waals surface area (Å²) in [6, 6.07) is 3.75. The molecule has 0 unspecified atom stereocenters. The van der Waals surface area contributed by atoms with Crippen LogP contribution in [0.4, 0.5) is 0 Å². The summed E-state index contributed by atoms with van der Waals surface area (Å²) >= 11 is 10.2. The smallest absolute Gasteiger partial charge is 0.266 e. The number of carbonyl (C=O) groups excluding carboxylic acids is 1. The first-order valence-electron chi connectivity index (χ1n) is 8.21. The van der Waals surface area contributed by atoms with Gasteiger partial charge in [0, 0.05) is 11.0 Å². The van der Waals surface area contributed by atoms with E-state index in [0.29, 0.717) is 46.4 Å². The standard InChI is InChI=1S/C18H22BrNO3S2/c1-5-22-14-7-12(13(19)9-15(14)23-6-2)8-16-17(21)20(10-11(3)4)18(24)25-16/h7-9,11H,5-6,10H2,1-4H3/b16-8-. The third kappa shape index (κ3) is 4.99. The molecule has 4 nitrogen and oxygen atoms in total. The summed E-state index contributed by atoms with van der Waals surface area (Å²) in [5, 5.41) is 0. The maximum Gasteiger partial charge on any atom is 0.266 e. The van der Waals surface area contributed by atoms with E-state index in [1.807, 2.05) is 32.1 Å². The van der Waals surface area contributed by atoms with E-state index in [-0.39, 0.29) is 5.91 Å². The van der Waals surface area contributed by atoms with Gasteiger partial charge in [-0.25, -0.2) is 0 Å². The summed E-state index contributed by atoms with van der Waals surface area (Å²) in [4.78, 5) is 14.9. The Kier molecular flexibility index (Phi) is 7.34. The van der Waals surface area contributed by atoms with E-state index in [1.165, 1.54) is 11.8 Å². The van der Waals surface area contributed by atoms with Crippen LogP contribution in [0.2, 0.25) is 0 Å². The lowest BCUT2D eigenvalue weighted by Crippen LogP contribution is -2.31. The van der Waals surface area contributed by atoms with E-state index >= 15 is 0 Å². The quantitative estimate of drug-likeness (QED) is 0.432. The second-order valence-electron chi connectivity index (χ2n) is 5.87. The number of ether oxygens (including phenoxy) is 2. The van der Waals surface area contributed by atoms with Gasteiger partial charge in [0.05, 0.1) is 18.1 Å². The molecule has 1 aromatic rings. The average Bonchev–Trinajstić information content (AvgIpc) is 2.79. The molecule has 0 atom stereocenters. The fourth-order valence-corrected chi connectivity index (χ4v) is 4.06. The van der Waals surface area contributed by atoms with Gasteiger partial charge in [0.15, 0.2) is 11.5 Å². The first-order valence-corrected chi connectivity index (χ1v) is 10.2. The number of rotatable bonds is 7. The lowest BCUT2D eigenvalue weighted by Gasteiger charge is -2.16. The predicted molar refractivity (Wildman–Crippen MR) is 111 cm³/mol. The number of amides is 1. The molecule has 0 radical (unpaired) electrons. The molecule has 1 aliphatic heterocycles. The second-order valence-corrected chi connectivity index (χ2v) is 8.40. The normalized spacial score (nSPS) is 16.2. The highest BCUT2D eigenvalue weighted by atomic mass is 79.9. The minimum atomic E-state index is -0.0394. The molecule has 1 fully saturated rings. The Balaban J connectivity index is 2.35. The minimum absolute atomic E-state index is 0.0394. The highest BCUT2D eigenvalue weighted by molar-refractivity contribution is 9.10. The van der Waals surface area contributed by atoms with Crippen molar-refractivity contribution in [1.29, 1.82) is 0 Å². The van der Waals surface area contributed by atoms with Crippen molar-refractivity contribution in [3.05, 3.63) is 27.1 Å². The first kappa shape index (κ1) is 20.3. The minimum Gasteiger partial charge on any atom is -0.490 e. The number of hydrogen-bond acceptors (Lipinski definition) is 5. The fourth-order valence-electron chi connectivity index (χ4n) is 2.36. The zero-order valence-electron chi connectivity index (χ0n) is 14.8. The molecule has 2 rings (SSSR count). The molecule has 0 aliphatic carbocycles. The van der Waals surface area contributed by atoms with Gasteiger partial charge in [-0.1, -0.05) is 53.8 Å². The highest BCUT2D eigenvalue weighted by Gasteiger charge is 2.32. The zero-order valence-corrected chi connectivity index (χ0v) is 18.0. The SMILES string of the molecule is CCOc1cc(Br)c(/C=C2\SC(=S)N(CC(C)C)C2=O)cc1OCC. The molecule has 1 amide bonds. The van der Waals surface area contributed by atoms with Gasteiger partial charge in [-0.05, 0) is 43.5 Å². The zero-order chi connectivity index (χ0) is 18.6. The fraction of sp³-hybridized carbons (Fsp3) is 0.444. The number of halogens is 1. The topological polar surface area (TPSA) is 38.8 Å². The van der Waals surface area contributed by atoms with Crippen molar-refractivity contribution in [3.8, 4) is 11.5 Å². The van der Waals surface area contributed by atoms with Crippen LogP contribution in [0.15, 0.2) is 21.5 Å². The maximum absolute atomic E-state index is 12.6. The van der Waals surface area contributed by atoms with Crippen molar-refractivity contribution >= 4 is 56.2 Å². The number of carbonyl (C=O) groups is 1. The van der Waals surface area contributed by atoms with Crippen LogP contribution in [0.25, 0.3) is 6.08 Å². The van der Waals surface area contributed by atoms with Crippen LogP contribution in [0.5, 0.6) is 11.5 Å². The van der Waals surface area contributed by atoms with E-state index in [1.54, 1.807) is 4.90 Å². The van der Waals surface area contributed by atoms with Crippen LogP contribution in [-0.4, -0.2) is 34.9 Å². The van der Waals surface area contributed by atoms with E-state index < -0.39 is 0 Å². The van der Waals surface area contributed by atoms with Crippen LogP contribution >= 0.6 is 39.9 Å². The molecule has 0 bridgehead atoms. The van der Waals surface area contributed by atoms with Gasteiger partial charge in [0.2, 0.25) is 0 Å². The van der Waals surface area contributed by atoms with Crippen molar-refractivity contribution < 1.29 is 14.3 Å². The predicted octanol–water partition coefficient (Wildman–Crippen LogP) is 5.10. The third-order valence-electron chi connectivity index (χ3n) is 3.37. The summed E-state index contributed by atoms with van der Waals surface area (Å²) in [6.07, 6.45) is 1.85. The average molecular weight is 444 g/mol.